The van der Waals surface area contributed by atoms with E-state index in [0.717, 1.165) is 45.1 Å². The third kappa shape index (κ3) is 3.70. The van der Waals surface area contributed by atoms with Crippen molar-refractivity contribution in [1.29, 1.82) is 0 Å². The van der Waals surface area contributed by atoms with Gasteiger partial charge < -0.3 is 10.2 Å². The molecule has 0 spiro atoms. The standard InChI is InChI=1S/C16H28N4/c1-4-17-11-14-7-8-16(18-12-14)20-10-9-15(13-20)19(5-2)6-3/h7-8,12,15,17H,4-6,9-11,13H2,1-3H3. The van der Waals surface area contributed by atoms with Crippen LogP contribution in [-0.2, 0) is 6.54 Å². The molecule has 1 N–H and O–H groups in total. The number of rotatable bonds is 7. The molecule has 0 saturated carbocycles. The SMILES string of the molecule is CCNCc1ccc(N2CCC(N(CC)CC)C2)nc1. The van der Waals surface area contributed by atoms with Crippen molar-refractivity contribution < 1.29 is 0 Å². The van der Waals surface area contributed by atoms with Gasteiger partial charge in [0.15, 0.2) is 0 Å². The summed E-state index contributed by atoms with van der Waals surface area (Å²) in [5.41, 5.74) is 1.26. The van der Waals surface area contributed by atoms with Gasteiger partial charge in [-0.05, 0) is 37.7 Å². The lowest BCUT2D eigenvalue weighted by Crippen LogP contribution is -2.37. The molecule has 1 unspecified atom stereocenters. The summed E-state index contributed by atoms with van der Waals surface area (Å²) in [5, 5.41) is 3.33. The number of nitrogens with zero attached hydrogens (tertiary/aromatic N) is 3. The summed E-state index contributed by atoms with van der Waals surface area (Å²) in [6, 6.07) is 5.04. The van der Waals surface area contributed by atoms with Gasteiger partial charge in [0, 0.05) is 31.9 Å². The van der Waals surface area contributed by atoms with Crippen LogP contribution < -0.4 is 10.2 Å². The van der Waals surface area contributed by atoms with Gasteiger partial charge in [-0.2, -0.15) is 0 Å². The van der Waals surface area contributed by atoms with Crippen LogP contribution in [0.5, 0.6) is 0 Å². The molecular weight excluding hydrogens is 248 g/mol. The summed E-state index contributed by atoms with van der Waals surface area (Å²) in [4.78, 5) is 9.60. The Morgan fingerprint density at radius 2 is 2.10 bits per heavy atom. The molecule has 0 bridgehead atoms. The summed E-state index contributed by atoms with van der Waals surface area (Å²) in [7, 11) is 0. The molecule has 0 amide bonds. The molecule has 1 aromatic heterocycles. The Hall–Kier alpha value is -1.13. The van der Waals surface area contributed by atoms with Gasteiger partial charge in [0.25, 0.3) is 0 Å². The average Bonchev–Trinajstić information content (AvgIpc) is 2.97. The first-order valence-corrected chi connectivity index (χ1v) is 7.93. The fraction of sp³-hybridized carbons (Fsp3) is 0.688. The second kappa shape index (κ2) is 7.60. The second-order valence-corrected chi connectivity index (χ2v) is 5.41. The second-order valence-electron chi connectivity index (χ2n) is 5.41. The first-order valence-electron chi connectivity index (χ1n) is 7.93. The molecule has 1 aromatic rings. The number of aromatic nitrogens is 1. The summed E-state index contributed by atoms with van der Waals surface area (Å²) in [5.74, 6) is 1.12. The highest BCUT2D eigenvalue weighted by Crippen LogP contribution is 2.21. The van der Waals surface area contributed by atoms with Gasteiger partial charge in [-0.1, -0.05) is 26.8 Å². The Morgan fingerprint density at radius 1 is 1.30 bits per heavy atom. The highest BCUT2D eigenvalue weighted by atomic mass is 15.3. The van der Waals surface area contributed by atoms with Gasteiger partial charge in [-0.15, -0.1) is 0 Å². The van der Waals surface area contributed by atoms with Crippen molar-refractivity contribution in [3.63, 3.8) is 0 Å². The molecule has 2 rings (SSSR count). The molecule has 20 heavy (non-hydrogen) atoms. The molecule has 1 aliphatic heterocycles. The first-order chi connectivity index (χ1) is 9.78. The molecule has 2 heterocycles. The number of pyridine rings is 1. The lowest BCUT2D eigenvalue weighted by molar-refractivity contribution is 0.232. The van der Waals surface area contributed by atoms with Gasteiger partial charge in [0.1, 0.15) is 5.82 Å². The number of hydrogen-bond acceptors (Lipinski definition) is 4. The van der Waals surface area contributed by atoms with E-state index >= 15 is 0 Å². The Labute approximate surface area is 123 Å². The summed E-state index contributed by atoms with van der Waals surface area (Å²) >= 11 is 0. The van der Waals surface area contributed by atoms with Crippen molar-refractivity contribution in [3.8, 4) is 0 Å². The fourth-order valence-corrected chi connectivity index (χ4v) is 2.97. The van der Waals surface area contributed by atoms with E-state index in [1.807, 2.05) is 6.20 Å². The van der Waals surface area contributed by atoms with E-state index in [9.17, 15) is 0 Å². The van der Waals surface area contributed by atoms with E-state index in [1.165, 1.54) is 12.0 Å². The minimum Gasteiger partial charge on any atom is -0.355 e. The number of anilines is 1. The Bertz CT molecular complexity index is 386. The van der Waals surface area contributed by atoms with Crippen LogP contribution in [0.3, 0.4) is 0 Å². The van der Waals surface area contributed by atoms with E-state index in [1.54, 1.807) is 0 Å². The van der Waals surface area contributed by atoms with Crippen LogP contribution in [0, 0.1) is 0 Å². The van der Waals surface area contributed by atoms with Crippen LogP contribution in [0.15, 0.2) is 18.3 Å². The maximum atomic E-state index is 4.63. The van der Waals surface area contributed by atoms with E-state index in [4.69, 9.17) is 0 Å². The van der Waals surface area contributed by atoms with Gasteiger partial charge in [0.2, 0.25) is 0 Å². The fourth-order valence-electron chi connectivity index (χ4n) is 2.97. The molecule has 0 aliphatic carbocycles. The van der Waals surface area contributed by atoms with Gasteiger partial charge in [-0.3, -0.25) is 4.90 Å². The summed E-state index contributed by atoms with van der Waals surface area (Å²) in [6.45, 7) is 13.1. The van der Waals surface area contributed by atoms with Crippen molar-refractivity contribution in [2.75, 3.05) is 37.6 Å². The van der Waals surface area contributed by atoms with E-state index in [-0.39, 0.29) is 0 Å². The van der Waals surface area contributed by atoms with E-state index in [2.05, 4.69) is 53.0 Å². The molecule has 4 nitrogen and oxygen atoms in total. The van der Waals surface area contributed by atoms with Gasteiger partial charge in [0.05, 0.1) is 0 Å². The van der Waals surface area contributed by atoms with Crippen LogP contribution in [0.2, 0.25) is 0 Å². The molecule has 1 aliphatic rings. The van der Waals surface area contributed by atoms with Crippen LogP contribution in [0.4, 0.5) is 5.82 Å². The van der Waals surface area contributed by atoms with Crippen LogP contribution in [0.25, 0.3) is 0 Å². The van der Waals surface area contributed by atoms with Crippen LogP contribution in [-0.4, -0.2) is 48.6 Å². The van der Waals surface area contributed by atoms with Crippen molar-refractivity contribution >= 4 is 5.82 Å². The lowest BCUT2D eigenvalue weighted by atomic mass is 10.2. The highest BCUT2D eigenvalue weighted by molar-refractivity contribution is 5.41. The van der Waals surface area contributed by atoms with Crippen molar-refractivity contribution in [2.45, 2.75) is 39.8 Å². The third-order valence-electron chi connectivity index (χ3n) is 4.20. The smallest absolute Gasteiger partial charge is 0.128 e. The van der Waals surface area contributed by atoms with Crippen molar-refractivity contribution in [1.82, 2.24) is 15.2 Å². The molecular formula is C16H28N4. The topological polar surface area (TPSA) is 31.4 Å². The molecule has 1 atom stereocenters. The first kappa shape index (κ1) is 15.3. The van der Waals surface area contributed by atoms with Crippen LogP contribution in [0.1, 0.15) is 32.8 Å². The lowest BCUT2D eigenvalue weighted by Gasteiger charge is -2.26. The molecule has 0 radical (unpaired) electrons. The maximum Gasteiger partial charge on any atom is 0.128 e. The molecule has 1 fully saturated rings. The maximum absolute atomic E-state index is 4.63. The minimum atomic E-state index is 0.688. The Kier molecular flexibility index (Phi) is 5.80. The molecule has 4 heteroatoms. The normalized spacial score (nSPS) is 19.0. The zero-order chi connectivity index (χ0) is 14.4. The number of nitrogens with one attached hydrogen (secondary N) is 1. The Morgan fingerprint density at radius 3 is 2.70 bits per heavy atom. The van der Waals surface area contributed by atoms with Gasteiger partial charge >= 0.3 is 0 Å². The Balaban J connectivity index is 1.92. The monoisotopic (exact) mass is 276 g/mol. The zero-order valence-corrected chi connectivity index (χ0v) is 13.1. The summed E-state index contributed by atoms with van der Waals surface area (Å²) in [6.07, 6.45) is 3.26. The third-order valence-corrected chi connectivity index (χ3v) is 4.20. The molecule has 1 saturated heterocycles. The quantitative estimate of drug-likeness (QED) is 0.826. The largest absolute Gasteiger partial charge is 0.355 e. The van der Waals surface area contributed by atoms with Crippen molar-refractivity contribution in [3.05, 3.63) is 23.9 Å². The van der Waals surface area contributed by atoms with Crippen LogP contribution >= 0.6 is 0 Å². The predicted molar refractivity (Wildman–Crippen MR) is 85.2 cm³/mol. The molecule has 0 aromatic carbocycles. The number of hydrogen-bond donors (Lipinski definition) is 1. The van der Waals surface area contributed by atoms with Gasteiger partial charge in [-0.25, -0.2) is 4.98 Å². The van der Waals surface area contributed by atoms with E-state index < -0.39 is 0 Å². The van der Waals surface area contributed by atoms with E-state index in [0.29, 0.717) is 6.04 Å². The number of likely N-dealkylation sites (N-methyl/N-ethyl adjacent to an activating group) is 1. The predicted octanol–water partition coefficient (Wildman–Crippen LogP) is 2.11. The highest BCUT2D eigenvalue weighted by Gasteiger charge is 2.26. The molecule has 112 valence electrons. The van der Waals surface area contributed by atoms with Crippen molar-refractivity contribution in [2.24, 2.45) is 0 Å². The minimum absolute atomic E-state index is 0.688. The average molecular weight is 276 g/mol. The summed E-state index contributed by atoms with van der Waals surface area (Å²) < 4.78 is 0. The zero-order valence-electron chi connectivity index (χ0n) is 13.1.